The average Bonchev–Trinajstić information content (AvgIpc) is 2.94. The largest absolute Gasteiger partial charge is 0.444 e. The highest BCUT2D eigenvalue weighted by molar-refractivity contribution is 5.68. The summed E-state index contributed by atoms with van der Waals surface area (Å²) in [7, 11) is 0. The predicted molar refractivity (Wildman–Crippen MR) is 73.5 cm³/mol. The van der Waals surface area contributed by atoms with Gasteiger partial charge in [-0.2, -0.15) is 0 Å². The first-order valence-corrected chi connectivity index (χ1v) is 5.86. The number of ether oxygens (including phenoxy) is 1. The fraction of sp³-hybridized carbons (Fsp3) is 0.917. The second-order valence-electron chi connectivity index (χ2n) is 5.53. The minimum absolute atomic E-state index is 0.156. The van der Waals surface area contributed by atoms with Crippen molar-refractivity contribution < 1.29 is 27.3 Å². The molecule has 0 aromatic heterocycles. The third-order valence-electron chi connectivity index (χ3n) is 2.56. The smallest absolute Gasteiger partial charge is 0.410 e. The van der Waals surface area contributed by atoms with E-state index in [4.69, 9.17) is 22.6 Å². The number of nitrogens with zero attached hydrogens (tertiary/aromatic N) is 1. The van der Waals surface area contributed by atoms with Crippen LogP contribution in [0.4, 0.5) is 4.79 Å². The minimum atomic E-state index is -0.382. The summed E-state index contributed by atoms with van der Waals surface area (Å²) >= 11 is 0. The molecule has 3 heteroatoms. The second kappa shape index (κ2) is 4.86. The summed E-state index contributed by atoms with van der Waals surface area (Å²) in [5.41, 5.74) is -0.382. The summed E-state index contributed by atoms with van der Waals surface area (Å²) in [5.74, 6) is 0.597. The fourth-order valence-corrected chi connectivity index (χ4v) is 1.85. The SMILES string of the molecule is CC1CCCCN(C(=O)OC(C)(C)C)C1.[2H][2H].[2H][2H].[2H][2H].[2H][2H].[2H][2H].[2H][2H]. The van der Waals surface area contributed by atoms with Gasteiger partial charge in [-0.25, -0.2) is 4.79 Å². The van der Waals surface area contributed by atoms with Crippen molar-refractivity contribution in [2.45, 2.75) is 52.6 Å². The van der Waals surface area contributed by atoms with Gasteiger partial charge in [0.25, 0.3) is 0 Å². The highest BCUT2D eigenvalue weighted by Crippen LogP contribution is 2.18. The second-order valence-corrected chi connectivity index (χ2v) is 5.53. The van der Waals surface area contributed by atoms with Crippen molar-refractivity contribution in [2.75, 3.05) is 13.1 Å². The third kappa shape index (κ3) is 4.54. The van der Waals surface area contributed by atoms with Crippen molar-refractivity contribution in [1.29, 1.82) is 0 Å². The first-order valence-electron chi connectivity index (χ1n) is 11.9. The van der Waals surface area contributed by atoms with E-state index in [1.54, 1.807) is 0 Å². The van der Waals surface area contributed by atoms with Gasteiger partial charge in [0.1, 0.15) is 5.60 Å². The van der Waals surface area contributed by atoms with Crippen LogP contribution in [0.3, 0.4) is 0 Å². The van der Waals surface area contributed by atoms with E-state index in [0.717, 1.165) is 19.5 Å². The summed E-state index contributed by atoms with van der Waals surface area (Å²) in [4.78, 5) is 13.7. The zero-order valence-corrected chi connectivity index (χ0v) is 10.4. The van der Waals surface area contributed by atoms with Crippen LogP contribution in [-0.4, -0.2) is 29.7 Å². The molecule has 1 atom stereocenters. The maximum Gasteiger partial charge on any atom is 0.410 e. The lowest BCUT2D eigenvalue weighted by Gasteiger charge is -2.27. The molecule has 0 N–H and O–H groups in total. The quantitative estimate of drug-likeness (QED) is 0.620. The summed E-state index contributed by atoms with van der Waals surface area (Å²) in [6.07, 6.45) is 3.39. The van der Waals surface area contributed by atoms with E-state index < -0.39 is 0 Å². The Balaban J connectivity index is -0.0000000782. The zero-order valence-electron chi connectivity index (χ0n) is 22.4. The molecule has 0 aromatic carbocycles. The number of carbonyl (C=O) groups excluding carboxylic acids is 1. The van der Waals surface area contributed by atoms with Gasteiger partial charge in [0.15, 0.2) is 0 Å². The Kier molecular flexibility index (Phi) is 1.98. The third-order valence-corrected chi connectivity index (χ3v) is 2.56. The van der Waals surface area contributed by atoms with E-state index in [2.05, 4.69) is 6.92 Å². The maximum absolute atomic E-state index is 11.8. The first-order chi connectivity index (χ1) is 12.9. The van der Waals surface area contributed by atoms with E-state index in [9.17, 15) is 4.79 Å². The standard InChI is InChI=1S/C12H23NO2.6H2/c1-10-7-5-6-8-13(9-10)11(14)15-12(2,3)4;;;;;;/h10H,5-9H2,1-4H3;6*1H/i;6*1+1D. The molecule has 0 radical (unpaired) electrons. The molecule has 0 aromatic rings. The van der Waals surface area contributed by atoms with Crippen LogP contribution >= 0.6 is 0 Å². The number of hydrogen-bond donors (Lipinski definition) is 0. The van der Waals surface area contributed by atoms with Gasteiger partial charge in [-0.1, -0.05) is 13.3 Å². The van der Waals surface area contributed by atoms with E-state index >= 15 is 0 Å². The van der Waals surface area contributed by atoms with Crippen LogP contribution in [0.1, 0.15) is 64.8 Å². The first kappa shape index (κ1) is 6.12. The molecule has 100 valence electrons. The van der Waals surface area contributed by atoms with Crippen LogP contribution in [0, 0.1) is 5.92 Å². The predicted octanol–water partition coefficient (Wildman–Crippen LogP) is 4.52. The molecule has 1 fully saturated rings. The normalized spacial score (nSPS) is 26.7. The Morgan fingerprint density at radius 1 is 1.47 bits per heavy atom. The molecule has 0 spiro atoms. The fourth-order valence-electron chi connectivity index (χ4n) is 1.85. The van der Waals surface area contributed by atoms with Crippen LogP contribution in [0.2, 0.25) is 0 Å². The van der Waals surface area contributed by atoms with Crippen molar-refractivity contribution in [3.63, 3.8) is 0 Å². The van der Waals surface area contributed by atoms with E-state index in [1.165, 1.54) is 12.8 Å². The Labute approximate surface area is 111 Å². The lowest BCUT2D eigenvalue weighted by atomic mass is 10.1. The maximum atomic E-state index is 11.8. The molecule has 1 rings (SSSR count). The van der Waals surface area contributed by atoms with Gasteiger partial charge >= 0.3 is 6.09 Å². The van der Waals surface area contributed by atoms with Crippen molar-refractivity contribution in [2.24, 2.45) is 5.92 Å². The monoisotopic (exact) mass is 237 g/mol. The summed E-state index contributed by atoms with van der Waals surface area (Å²) < 4.78 is 65.4. The van der Waals surface area contributed by atoms with Gasteiger partial charge in [0, 0.05) is 30.9 Å². The summed E-state index contributed by atoms with van der Waals surface area (Å²) in [6, 6.07) is 0. The van der Waals surface area contributed by atoms with Crippen LogP contribution < -0.4 is 0 Å². The molecule has 0 bridgehead atoms. The van der Waals surface area contributed by atoms with E-state index in [-0.39, 0.29) is 11.7 Å². The van der Waals surface area contributed by atoms with Crippen LogP contribution in [0.25, 0.3) is 0 Å². The van der Waals surface area contributed by atoms with E-state index in [0.29, 0.717) is 5.92 Å². The minimum Gasteiger partial charge on any atom is -0.444 e. The molecular weight excluding hydrogens is 190 g/mol. The molecule has 1 aliphatic heterocycles. The Hall–Kier alpha value is -0.730. The number of carbonyl (C=O) groups is 1. The van der Waals surface area contributed by atoms with Gasteiger partial charge in [-0.15, -0.1) is 0 Å². The Bertz CT molecular complexity index is 247. The number of amides is 1. The highest BCUT2D eigenvalue weighted by Gasteiger charge is 2.24. The molecule has 1 unspecified atom stereocenters. The van der Waals surface area contributed by atoms with Gasteiger partial charge in [0.05, 0.1) is 0 Å². The van der Waals surface area contributed by atoms with Crippen molar-refractivity contribution >= 4 is 6.09 Å². The molecule has 1 heterocycles. The Morgan fingerprint density at radius 3 is 2.73 bits per heavy atom. The lowest BCUT2D eigenvalue weighted by molar-refractivity contribution is 0.0238. The van der Waals surface area contributed by atoms with Crippen molar-refractivity contribution in [1.82, 2.24) is 4.90 Å². The van der Waals surface area contributed by atoms with Crippen molar-refractivity contribution in [3.8, 4) is 0 Å². The van der Waals surface area contributed by atoms with Crippen LogP contribution in [0.15, 0.2) is 0 Å². The van der Waals surface area contributed by atoms with Gasteiger partial charge in [-0.3, -0.25) is 0 Å². The number of hydrogen-bond acceptors (Lipinski definition) is 2. The molecule has 15 heavy (non-hydrogen) atoms. The lowest BCUT2D eigenvalue weighted by Crippen LogP contribution is -2.38. The van der Waals surface area contributed by atoms with Gasteiger partial charge < -0.3 is 9.64 Å². The molecule has 3 nitrogen and oxygen atoms in total. The van der Waals surface area contributed by atoms with Gasteiger partial charge in [0.2, 0.25) is 0 Å². The van der Waals surface area contributed by atoms with Crippen LogP contribution in [-0.2, 0) is 4.74 Å². The topological polar surface area (TPSA) is 29.5 Å². The number of likely N-dealkylation sites (tertiary alicyclic amines) is 1. The molecule has 0 saturated carbocycles. The molecule has 1 amide bonds. The Morgan fingerprint density at radius 2 is 2.13 bits per heavy atom. The zero-order chi connectivity index (χ0) is 23.5. The van der Waals surface area contributed by atoms with Crippen molar-refractivity contribution in [3.05, 3.63) is 0 Å². The molecule has 1 aliphatic rings. The molecule has 1 saturated heterocycles. The van der Waals surface area contributed by atoms with E-state index in [1.807, 2.05) is 25.7 Å². The number of rotatable bonds is 0. The highest BCUT2D eigenvalue weighted by atomic mass is 16.6. The average molecular weight is 237 g/mol. The van der Waals surface area contributed by atoms with Crippen LogP contribution in [0.5, 0.6) is 0 Å². The molecular formula is C12H35NO2. The van der Waals surface area contributed by atoms with Gasteiger partial charge in [-0.05, 0) is 39.5 Å². The molecule has 0 aliphatic carbocycles. The summed E-state index contributed by atoms with van der Waals surface area (Å²) in [5, 5.41) is 0. The summed E-state index contributed by atoms with van der Waals surface area (Å²) in [6.45, 7) is 9.61.